The molecule has 0 spiro atoms. The fourth-order valence-corrected chi connectivity index (χ4v) is 3.75. The number of nitrogens with zero attached hydrogens (tertiary/aromatic N) is 4. The molecule has 33 heavy (non-hydrogen) atoms. The molecule has 3 aromatic carbocycles. The molecule has 0 unspecified atom stereocenters. The van der Waals surface area contributed by atoms with Crippen LogP contribution in [0.1, 0.15) is 21.7 Å². The van der Waals surface area contributed by atoms with E-state index >= 15 is 0 Å². The van der Waals surface area contributed by atoms with E-state index in [1.165, 1.54) is 0 Å². The summed E-state index contributed by atoms with van der Waals surface area (Å²) in [4.78, 5) is 35.1. The molecule has 0 saturated carbocycles. The lowest BCUT2D eigenvalue weighted by Crippen LogP contribution is -2.31. The number of aromatic nitrogens is 4. The smallest absolute Gasteiger partial charge is 0.258 e. The van der Waals surface area contributed by atoms with Crippen molar-refractivity contribution in [2.45, 2.75) is 13.1 Å². The van der Waals surface area contributed by atoms with E-state index < -0.39 is 0 Å². The van der Waals surface area contributed by atoms with Crippen LogP contribution in [0.2, 0.25) is 0 Å². The topological polar surface area (TPSA) is 83.9 Å². The van der Waals surface area contributed by atoms with Crippen LogP contribution in [-0.4, -0.2) is 30.6 Å². The Kier molecular flexibility index (Phi) is 5.51. The third kappa shape index (κ3) is 4.43. The van der Waals surface area contributed by atoms with Gasteiger partial charge < -0.3 is 9.88 Å². The third-order valence-corrected chi connectivity index (χ3v) is 5.39. The number of carbonyl (C=O) groups is 1. The van der Waals surface area contributed by atoms with Crippen LogP contribution in [0, 0.1) is 0 Å². The average molecular weight is 435 g/mol. The molecule has 1 N–H and O–H groups in total. The van der Waals surface area contributed by atoms with Gasteiger partial charge in [0, 0.05) is 24.5 Å². The second-order valence-electron chi connectivity index (χ2n) is 7.67. The minimum Gasteiger partial charge on any atom is -0.327 e. The van der Waals surface area contributed by atoms with Gasteiger partial charge in [-0.1, -0.05) is 42.5 Å². The lowest BCUT2D eigenvalue weighted by atomic mass is 10.1. The normalized spacial score (nSPS) is 10.9. The average Bonchev–Trinajstić information content (AvgIpc) is 3.39. The molecule has 2 aromatic heterocycles. The summed E-state index contributed by atoms with van der Waals surface area (Å²) in [6.07, 6.45) is 3.55. The van der Waals surface area contributed by atoms with Crippen LogP contribution in [0.3, 0.4) is 0 Å². The van der Waals surface area contributed by atoms with E-state index in [0.717, 1.165) is 11.3 Å². The minimum absolute atomic E-state index is 0.151. The van der Waals surface area contributed by atoms with Crippen LogP contribution >= 0.6 is 0 Å². The van der Waals surface area contributed by atoms with E-state index in [-0.39, 0.29) is 18.0 Å². The van der Waals surface area contributed by atoms with Crippen molar-refractivity contribution in [1.82, 2.24) is 24.6 Å². The molecule has 0 fully saturated rings. The molecule has 5 aromatic rings. The molecule has 0 radical (unpaired) electrons. The molecule has 7 heteroatoms. The molecule has 0 aliphatic heterocycles. The quantitative estimate of drug-likeness (QED) is 0.438. The van der Waals surface area contributed by atoms with Crippen molar-refractivity contribution < 1.29 is 4.79 Å². The highest BCUT2D eigenvalue weighted by molar-refractivity contribution is 5.94. The van der Waals surface area contributed by atoms with Gasteiger partial charge in [0.05, 0.1) is 23.1 Å². The molecule has 1 amide bonds. The Morgan fingerprint density at radius 1 is 0.879 bits per heavy atom. The molecule has 7 nitrogen and oxygen atoms in total. The summed E-state index contributed by atoms with van der Waals surface area (Å²) in [5.74, 6) is 0.290. The molecule has 5 rings (SSSR count). The summed E-state index contributed by atoms with van der Waals surface area (Å²) in [7, 11) is 0. The van der Waals surface area contributed by atoms with Crippen LogP contribution in [0.15, 0.2) is 102 Å². The van der Waals surface area contributed by atoms with E-state index in [1.54, 1.807) is 46.1 Å². The number of fused-ring (bicyclic) bond motifs is 1. The zero-order valence-corrected chi connectivity index (χ0v) is 17.8. The van der Waals surface area contributed by atoms with Crippen molar-refractivity contribution in [1.29, 1.82) is 0 Å². The number of H-pyrrole nitrogens is 1. The van der Waals surface area contributed by atoms with Crippen molar-refractivity contribution in [2.24, 2.45) is 0 Å². The zero-order valence-electron chi connectivity index (χ0n) is 17.8. The lowest BCUT2D eigenvalue weighted by Gasteiger charge is -2.23. The standard InChI is InChI=1S/C26H21N5O2/c32-25-22-9-4-5-10-23(22)28-24(29-25)18-30(17-19-7-2-1-3-8-19)26(33)20-11-13-21(14-12-20)31-16-6-15-27-31/h1-16H,17-18H2,(H,28,29,32). The van der Waals surface area contributed by atoms with E-state index in [2.05, 4.69) is 15.1 Å². The largest absolute Gasteiger partial charge is 0.327 e. The highest BCUT2D eigenvalue weighted by Gasteiger charge is 2.18. The summed E-state index contributed by atoms with van der Waals surface area (Å²) in [5, 5.41) is 4.74. The van der Waals surface area contributed by atoms with E-state index in [1.807, 2.05) is 60.8 Å². The number of hydrogen-bond donors (Lipinski definition) is 1. The zero-order chi connectivity index (χ0) is 22.6. The molecule has 0 aliphatic carbocycles. The first-order chi connectivity index (χ1) is 16.2. The molecular formula is C26H21N5O2. The molecule has 0 atom stereocenters. The van der Waals surface area contributed by atoms with Crippen LogP contribution in [0.4, 0.5) is 0 Å². The van der Waals surface area contributed by atoms with Gasteiger partial charge in [-0.2, -0.15) is 5.10 Å². The van der Waals surface area contributed by atoms with E-state index in [9.17, 15) is 9.59 Å². The Labute approximate surface area is 190 Å². The van der Waals surface area contributed by atoms with Gasteiger partial charge in [-0.05, 0) is 48.0 Å². The van der Waals surface area contributed by atoms with Gasteiger partial charge in [-0.3, -0.25) is 9.59 Å². The highest BCUT2D eigenvalue weighted by atomic mass is 16.2. The Bertz CT molecular complexity index is 1440. The summed E-state index contributed by atoms with van der Waals surface area (Å²) >= 11 is 0. The fourth-order valence-electron chi connectivity index (χ4n) is 3.75. The number of nitrogens with one attached hydrogen (secondary N) is 1. The maximum atomic E-state index is 13.5. The van der Waals surface area contributed by atoms with Crippen molar-refractivity contribution in [3.05, 3.63) is 125 Å². The number of carbonyl (C=O) groups excluding carboxylic acids is 1. The number of aromatic amines is 1. The lowest BCUT2D eigenvalue weighted by molar-refractivity contribution is 0.0725. The Morgan fingerprint density at radius 3 is 2.39 bits per heavy atom. The molecule has 0 aliphatic rings. The number of hydrogen-bond acceptors (Lipinski definition) is 4. The first-order valence-electron chi connectivity index (χ1n) is 10.6. The van der Waals surface area contributed by atoms with Crippen LogP contribution in [-0.2, 0) is 13.1 Å². The Hall–Kier alpha value is -4.52. The van der Waals surface area contributed by atoms with Crippen LogP contribution in [0.25, 0.3) is 16.6 Å². The number of para-hydroxylation sites is 1. The van der Waals surface area contributed by atoms with Gasteiger partial charge in [0.25, 0.3) is 11.5 Å². The monoisotopic (exact) mass is 435 g/mol. The number of amides is 1. The maximum Gasteiger partial charge on any atom is 0.258 e. The molecular weight excluding hydrogens is 414 g/mol. The molecule has 2 heterocycles. The van der Waals surface area contributed by atoms with E-state index in [4.69, 9.17) is 0 Å². The highest BCUT2D eigenvalue weighted by Crippen LogP contribution is 2.16. The van der Waals surface area contributed by atoms with Crippen LogP contribution < -0.4 is 5.56 Å². The summed E-state index contributed by atoms with van der Waals surface area (Å²) in [5.41, 5.74) is 2.79. The predicted molar refractivity (Wildman–Crippen MR) is 126 cm³/mol. The molecule has 162 valence electrons. The second kappa shape index (κ2) is 8.92. The summed E-state index contributed by atoms with van der Waals surface area (Å²) in [6, 6.07) is 26.1. The number of rotatable bonds is 6. The predicted octanol–water partition coefficient (Wildman–Crippen LogP) is 3.95. The molecule has 0 bridgehead atoms. The van der Waals surface area contributed by atoms with E-state index in [0.29, 0.717) is 28.8 Å². The summed E-state index contributed by atoms with van der Waals surface area (Å²) in [6.45, 7) is 0.561. The number of benzene rings is 3. The molecule has 0 saturated heterocycles. The van der Waals surface area contributed by atoms with Gasteiger partial charge in [0.2, 0.25) is 0 Å². The van der Waals surface area contributed by atoms with Gasteiger partial charge in [0.15, 0.2) is 0 Å². The maximum absolute atomic E-state index is 13.5. The van der Waals surface area contributed by atoms with Crippen molar-refractivity contribution in [3.63, 3.8) is 0 Å². The van der Waals surface area contributed by atoms with Gasteiger partial charge >= 0.3 is 0 Å². The third-order valence-electron chi connectivity index (χ3n) is 5.39. The first-order valence-corrected chi connectivity index (χ1v) is 10.6. The summed E-state index contributed by atoms with van der Waals surface area (Å²) < 4.78 is 1.74. The fraction of sp³-hybridized carbons (Fsp3) is 0.0769. The first kappa shape index (κ1) is 20.4. The SMILES string of the molecule is O=C(c1ccc(-n2cccn2)cc1)N(Cc1ccccc1)Cc1nc2ccccc2c(=O)[nH]1. The van der Waals surface area contributed by atoms with Crippen molar-refractivity contribution >= 4 is 16.8 Å². The van der Waals surface area contributed by atoms with Crippen molar-refractivity contribution in [3.8, 4) is 5.69 Å². The van der Waals surface area contributed by atoms with Gasteiger partial charge in [-0.25, -0.2) is 9.67 Å². The second-order valence-corrected chi connectivity index (χ2v) is 7.67. The van der Waals surface area contributed by atoms with Gasteiger partial charge in [0.1, 0.15) is 5.82 Å². The Balaban J connectivity index is 1.46. The van der Waals surface area contributed by atoms with Crippen LogP contribution in [0.5, 0.6) is 0 Å². The Morgan fingerprint density at radius 2 is 1.64 bits per heavy atom. The van der Waals surface area contributed by atoms with Gasteiger partial charge in [-0.15, -0.1) is 0 Å². The minimum atomic E-state index is -0.216. The van der Waals surface area contributed by atoms with Crippen molar-refractivity contribution in [2.75, 3.05) is 0 Å².